The van der Waals surface area contributed by atoms with E-state index in [2.05, 4.69) is 14.9 Å². The molecule has 0 saturated carbocycles. The summed E-state index contributed by atoms with van der Waals surface area (Å²) in [5.41, 5.74) is 5.54. The Morgan fingerprint density at radius 2 is 2.43 bits per heavy atom. The van der Waals surface area contributed by atoms with Gasteiger partial charge in [0.05, 0.1) is 7.11 Å². The summed E-state index contributed by atoms with van der Waals surface area (Å²) in [5, 5.41) is 8.65. The van der Waals surface area contributed by atoms with Gasteiger partial charge in [0, 0.05) is 5.75 Å². The van der Waals surface area contributed by atoms with Crippen molar-refractivity contribution < 1.29 is 9.53 Å². The topological polar surface area (TPSA) is 78.1 Å². The smallest absolute Gasteiger partial charge is 0.323 e. The Labute approximate surface area is 90.0 Å². The molecule has 0 amide bonds. The zero-order valence-electron chi connectivity index (χ0n) is 7.89. The molecular formula is C7H11N3O2S2. The average molecular weight is 233 g/mol. The predicted octanol–water partition coefficient (Wildman–Crippen LogP) is 0.439. The molecule has 1 unspecified atom stereocenters. The highest BCUT2D eigenvalue weighted by atomic mass is 32.2. The van der Waals surface area contributed by atoms with E-state index in [0.717, 1.165) is 9.35 Å². The molecule has 0 saturated heterocycles. The summed E-state index contributed by atoms with van der Waals surface area (Å²) in [7, 11) is 1.32. The molecule has 2 N–H and O–H groups in total. The summed E-state index contributed by atoms with van der Waals surface area (Å²) in [5.74, 6) is 0.0557. The summed E-state index contributed by atoms with van der Waals surface area (Å²) >= 11 is 2.89. The van der Waals surface area contributed by atoms with Crippen molar-refractivity contribution in [2.24, 2.45) is 5.73 Å². The maximum absolute atomic E-state index is 10.9. The van der Waals surface area contributed by atoms with Gasteiger partial charge in [-0.15, -0.1) is 10.2 Å². The Bertz CT molecular complexity index is 316. The van der Waals surface area contributed by atoms with Crippen LogP contribution in [0.5, 0.6) is 0 Å². The lowest BCUT2D eigenvalue weighted by Gasteiger charge is -2.06. The minimum Gasteiger partial charge on any atom is -0.468 e. The Hall–Kier alpha value is -0.660. The standard InChI is InChI=1S/C7H11N3O2S2/c1-4-9-10-7(14-4)13-3-5(8)6(11)12-2/h5H,3,8H2,1-2H3. The van der Waals surface area contributed by atoms with Gasteiger partial charge in [0.2, 0.25) is 0 Å². The molecule has 0 spiro atoms. The monoisotopic (exact) mass is 233 g/mol. The SMILES string of the molecule is COC(=O)C(N)CSc1nnc(C)s1. The molecule has 0 aromatic carbocycles. The van der Waals surface area contributed by atoms with Crippen LogP contribution in [0.2, 0.25) is 0 Å². The van der Waals surface area contributed by atoms with E-state index < -0.39 is 12.0 Å². The van der Waals surface area contributed by atoms with Crippen molar-refractivity contribution in [2.75, 3.05) is 12.9 Å². The minimum absolute atomic E-state index is 0.404. The molecule has 1 heterocycles. The van der Waals surface area contributed by atoms with Gasteiger partial charge in [0.1, 0.15) is 11.0 Å². The number of ether oxygens (including phenoxy) is 1. The van der Waals surface area contributed by atoms with Gasteiger partial charge in [0.25, 0.3) is 0 Å². The maximum Gasteiger partial charge on any atom is 0.323 e. The van der Waals surface area contributed by atoms with E-state index in [0.29, 0.717) is 5.75 Å². The Morgan fingerprint density at radius 3 is 2.93 bits per heavy atom. The molecule has 1 aromatic heterocycles. The fourth-order valence-electron chi connectivity index (χ4n) is 0.717. The largest absolute Gasteiger partial charge is 0.468 e. The van der Waals surface area contributed by atoms with E-state index >= 15 is 0 Å². The molecule has 14 heavy (non-hydrogen) atoms. The molecule has 5 nitrogen and oxygen atoms in total. The molecule has 7 heteroatoms. The molecule has 1 aromatic rings. The molecule has 1 rings (SSSR count). The fraction of sp³-hybridized carbons (Fsp3) is 0.571. The highest BCUT2D eigenvalue weighted by Crippen LogP contribution is 2.22. The van der Waals surface area contributed by atoms with Crippen LogP contribution in [-0.4, -0.2) is 35.1 Å². The third kappa shape index (κ3) is 3.24. The second-order valence-electron chi connectivity index (χ2n) is 2.53. The number of carbonyl (C=O) groups is 1. The van der Waals surface area contributed by atoms with Crippen molar-refractivity contribution in [2.45, 2.75) is 17.3 Å². The first-order valence-corrected chi connectivity index (χ1v) is 5.70. The van der Waals surface area contributed by atoms with E-state index in [1.165, 1.54) is 30.2 Å². The zero-order valence-corrected chi connectivity index (χ0v) is 9.52. The minimum atomic E-state index is -0.603. The number of carbonyl (C=O) groups excluding carboxylic acids is 1. The number of rotatable bonds is 4. The zero-order chi connectivity index (χ0) is 10.6. The number of aromatic nitrogens is 2. The quantitative estimate of drug-likeness (QED) is 0.600. The molecule has 1 atom stereocenters. The summed E-state index contributed by atoms with van der Waals surface area (Å²) in [6.45, 7) is 1.88. The van der Waals surface area contributed by atoms with E-state index in [9.17, 15) is 4.79 Å². The third-order valence-corrected chi connectivity index (χ3v) is 3.49. The third-order valence-electron chi connectivity index (χ3n) is 1.40. The van der Waals surface area contributed by atoms with Crippen LogP contribution in [0, 0.1) is 6.92 Å². The van der Waals surface area contributed by atoms with Crippen LogP contribution in [0.25, 0.3) is 0 Å². The van der Waals surface area contributed by atoms with Gasteiger partial charge in [-0.1, -0.05) is 23.1 Å². The van der Waals surface area contributed by atoms with Gasteiger partial charge in [-0.3, -0.25) is 4.79 Å². The molecule has 78 valence electrons. The van der Waals surface area contributed by atoms with E-state index in [-0.39, 0.29) is 0 Å². The summed E-state index contributed by atoms with van der Waals surface area (Å²) in [6, 6.07) is -0.603. The van der Waals surface area contributed by atoms with Crippen LogP contribution < -0.4 is 5.73 Å². The lowest BCUT2D eigenvalue weighted by Crippen LogP contribution is -2.33. The van der Waals surface area contributed by atoms with Gasteiger partial charge in [-0.05, 0) is 6.92 Å². The molecular weight excluding hydrogens is 222 g/mol. The summed E-state index contributed by atoms with van der Waals surface area (Å²) in [6.07, 6.45) is 0. The summed E-state index contributed by atoms with van der Waals surface area (Å²) < 4.78 is 5.32. The van der Waals surface area contributed by atoms with Crippen LogP contribution in [-0.2, 0) is 9.53 Å². The van der Waals surface area contributed by atoms with Crippen molar-refractivity contribution >= 4 is 29.1 Å². The average Bonchev–Trinajstić information content (AvgIpc) is 2.59. The van der Waals surface area contributed by atoms with Crippen LogP contribution in [0.4, 0.5) is 0 Å². The molecule has 0 bridgehead atoms. The van der Waals surface area contributed by atoms with E-state index in [1.54, 1.807) is 0 Å². The number of nitrogens with zero attached hydrogens (tertiary/aromatic N) is 2. The lowest BCUT2D eigenvalue weighted by atomic mass is 10.4. The molecule has 0 aliphatic heterocycles. The fourth-order valence-corrected chi connectivity index (χ4v) is 2.49. The van der Waals surface area contributed by atoms with Gasteiger partial charge < -0.3 is 10.5 Å². The van der Waals surface area contributed by atoms with Crippen molar-refractivity contribution in [3.05, 3.63) is 5.01 Å². The second kappa shape index (κ2) is 5.28. The predicted molar refractivity (Wildman–Crippen MR) is 55.4 cm³/mol. The Balaban J connectivity index is 2.37. The number of hydrogen-bond donors (Lipinski definition) is 1. The number of thioether (sulfide) groups is 1. The normalized spacial score (nSPS) is 12.5. The van der Waals surface area contributed by atoms with Crippen molar-refractivity contribution in [1.82, 2.24) is 10.2 Å². The van der Waals surface area contributed by atoms with Crippen LogP contribution in [0.3, 0.4) is 0 Å². The van der Waals surface area contributed by atoms with Crippen molar-refractivity contribution in [3.8, 4) is 0 Å². The first kappa shape index (κ1) is 11.4. The molecule has 0 aliphatic rings. The number of aryl methyl sites for hydroxylation is 1. The van der Waals surface area contributed by atoms with Crippen LogP contribution in [0.1, 0.15) is 5.01 Å². The van der Waals surface area contributed by atoms with Crippen molar-refractivity contribution in [3.63, 3.8) is 0 Å². The van der Waals surface area contributed by atoms with Crippen molar-refractivity contribution in [1.29, 1.82) is 0 Å². The molecule has 0 radical (unpaired) electrons. The van der Waals surface area contributed by atoms with Gasteiger partial charge >= 0.3 is 5.97 Å². The van der Waals surface area contributed by atoms with Gasteiger partial charge in [-0.2, -0.15) is 0 Å². The maximum atomic E-state index is 10.9. The van der Waals surface area contributed by atoms with Crippen LogP contribution in [0.15, 0.2) is 4.34 Å². The van der Waals surface area contributed by atoms with Crippen LogP contribution >= 0.6 is 23.1 Å². The number of nitrogens with two attached hydrogens (primary N) is 1. The first-order chi connectivity index (χ1) is 6.63. The van der Waals surface area contributed by atoms with Gasteiger partial charge in [-0.25, -0.2) is 0 Å². The van der Waals surface area contributed by atoms with E-state index in [1.807, 2.05) is 6.92 Å². The molecule has 0 aliphatic carbocycles. The van der Waals surface area contributed by atoms with E-state index in [4.69, 9.17) is 5.73 Å². The highest BCUT2D eigenvalue weighted by Gasteiger charge is 2.14. The molecule has 0 fully saturated rings. The first-order valence-electron chi connectivity index (χ1n) is 3.90. The Morgan fingerprint density at radius 1 is 1.71 bits per heavy atom. The lowest BCUT2D eigenvalue weighted by molar-refractivity contribution is -0.141. The number of methoxy groups -OCH3 is 1. The number of esters is 1. The van der Waals surface area contributed by atoms with Gasteiger partial charge in [0.15, 0.2) is 4.34 Å². The Kier molecular flexibility index (Phi) is 4.30. The summed E-state index contributed by atoms with van der Waals surface area (Å²) in [4.78, 5) is 10.9. The highest BCUT2D eigenvalue weighted by molar-refractivity contribution is 8.01. The number of hydrogen-bond acceptors (Lipinski definition) is 7. The second-order valence-corrected chi connectivity index (χ2v) is 4.98.